The number of anilines is 2. The summed E-state index contributed by atoms with van der Waals surface area (Å²) in [6.45, 7) is 0. The summed E-state index contributed by atoms with van der Waals surface area (Å²) in [4.78, 5) is 23.2. The molecule has 0 heterocycles. The Morgan fingerprint density at radius 3 is 2.62 bits per heavy atom. The first kappa shape index (κ1) is 14.5. The minimum absolute atomic E-state index is 0.111. The summed E-state index contributed by atoms with van der Waals surface area (Å²) < 4.78 is 5.16. The molecule has 0 aliphatic carbocycles. The van der Waals surface area contributed by atoms with Gasteiger partial charge in [0, 0.05) is 36.5 Å². The van der Waals surface area contributed by atoms with E-state index in [1.54, 1.807) is 25.1 Å². The number of hydrogen-bond donors (Lipinski definition) is 0. The second-order valence-corrected chi connectivity index (χ2v) is 4.38. The molecule has 0 N–H and O–H groups in total. The minimum Gasteiger partial charge on any atom is -0.497 e. The van der Waals surface area contributed by atoms with Gasteiger partial charge < -0.3 is 9.64 Å². The number of ether oxygens (including phenoxy) is 1. The molecule has 6 heteroatoms. The van der Waals surface area contributed by atoms with Crippen molar-refractivity contribution in [2.45, 2.75) is 0 Å². The maximum atomic E-state index is 11.2. The molecule has 0 bridgehead atoms. The standard InChI is InChI=1S/C15H14N2O4/c1-16(12-4-3-5-14(9-12)21-2)15-7-6-13(17(19)20)8-11(15)10-18/h3-10H,1-2H3. The smallest absolute Gasteiger partial charge is 0.270 e. The first-order valence-electron chi connectivity index (χ1n) is 6.18. The Hall–Kier alpha value is -2.89. The van der Waals surface area contributed by atoms with Gasteiger partial charge in [-0.25, -0.2) is 0 Å². The van der Waals surface area contributed by atoms with Crippen LogP contribution in [0.25, 0.3) is 0 Å². The third-order valence-corrected chi connectivity index (χ3v) is 3.15. The van der Waals surface area contributed by atoms with Gasteiger partial charge in [0.2, 0.25) is 0 Å². The third-order valence-electron chi connectivity index (χ3n) is 3.15. The van der Waals surface area contributed by atoms with Crippen molar-refractivity contribution in [3.05, 3.63) is 58.1 Å². The maximum absolute atomic E-state index is 11.2. The van der Waals surface area contributed by atoms with E-state index in [-0.39, 0.29) is 11.3 Å². The van der Waals surface area contributed by atoms with Gasteiger partial charge in [-0.3, -0.25) is 14.9 Å². The van der Waals surface area contributed by atoms with Gasteiger partial charge in [0.1, 0.15) is 5.75 Å². The highest BCUT2D eigenvalue weighted by atomic mass is 16.6. The van der Waals surface area contributed by atoms with Gasteiger partial charge >= 0.3 is 0 Å². The van der Waals surface area contributed by atoms with Gasteiger partial charge in [-0.1, -0.05) is 6.07 Å². The lowest BCUT2D eigenvalue weighted by Gasteiger charge is -2.21. The highest BCUT2D eigenvalue weighted by molar-refractivity contribution is 5.88. The molecular weight excluding hydrogens is 272 g/mol. The van der Waals surface area contributed by atoms with Crippen LogP contribution in [0.2, 0.25) is 0 Å². The van der Waals surface area contributed by atoms with Crippen LogP contribution in [-0.4, -0.2) is 25.4 Å². The van der Waals surface area contributed by atoms with Crippen LogP contribution in [0, 0.1) is 10.1 Å². The first-order valence-corrected chi connectivity index (χ1v) is 6.18. The monoisotopic (exact) mass is 286 g/mol. The number of aldehydes is 1. The number of methoxy groups -OCH3 is 1. The van der Waals surface area contributed by atoms with Crippen LogP contribution in [0.15, 0.2) is 42.5 Å². The van der Waals surface area contributed by atoms with Crippen molar-refractivity contribution in [2.24, 2.45) is 0 Å². The predicted molar refractivity (Wildman–Crippen MR) is 79.5 cm³/mol. The number of carbonyl (C=O) groups is 1. The molecule has 0 aliphatic heterocycles. The van der Waals surface area contributed by atoms with Crippen molar-refractivity contribution in [1.29, 1.82) is 0 Å². The number of benzene rings is 2. The van der Waals surface area contributed by atoms with Crippen LogP contribution < -0.4 is 9.64 Å². The van der Waals surface area contributed by atoms with Gasteiger partial charge in [0.25, 0.3) is 5.69 Å². The van der Waals surface area contributed by atoms with Gasteiger partial charge in [0.15, 0.2) is 6.29 Å². The zero-order valence-corrected chi connectivity index (χ0v) is 11.6. The van der Waals surface area contributed by atoms with Crippen molar-refractivity contribution in [2.75, 3.05) is 19.1 Å². The molecule has 0 fully saturated rings. The number of nitrogens with zero attached hydrogens (tertiary/aromatic N) is 2. The van der Waals surface area contributed by atoms with Crippen molar-refractivity contribution in [3.63, 3.8) is 0 Å². The molecule has 0 amide bonds. The number of rotatable bonds is 5. The van der Waals surface area contributed by atoms with E-state index in [9.17, 15) is 14.9 Å². The van der Waals surface area contributed by atoms with Crippen LogP contribution >= 0.6 is 0 Å². The lowest BCUT2D eigenvalue weighted by molar-refractivity contribution is -0.384. The minimum atomic E-state index is -0.525. The molecule has 6 nitrogen and oxygen atoms in total. The van der Waals surface area contributed by atoms with E-state index >= 15 is 0 Å². The summed E-state index contributed by atoms with van der Waals surface area (Å²) in [5.41, 5.74) is 1.55. The van der Waals surface area contributed by atoms with E-state index in [1.165, 1.54) is 12.1 Å². The van der Waals surface area contributed by atoms with E-state index in [0.717, 1.165) is 5.69 Å². The summed E-state index contributed by atoms with van der Waals surface area (Å²) >= 11 is 0. The largest absolute Gasteiger partial charge is 0.497 e. The van der Waals surface area contributed by atoms with E-state index in [4.69, 9.17) is 4.74 Å². The SMILES string of the molecule is COc1cccc(N(C)c2ccc([N+](=O)[O-])cc2C=O)c1. The van der Waals surface area contributed by atoms with Crippen LogP contribution in [0.5, 0.6) is 5.75 Å². The molecular formula is C15H14N2O4. The number of non-ortho nitro benzene ring substituents is 1. The van der Waals surface area contributed by atoms with Crippen molar-refractivity contribution >= 4 is 23.3 Å². The van der Waals surface area contributed by atoms with Crippen LogP contribution in [-0.2, 0) is 0 Å². The Labute approximate surface area is 121 Å². The molecule has 0 saturated heterocycles. The first-order chi connectivity index (χ1) is 10.1. The Kier molecular flexibility index (Phi) is 4.18. The summed E-state index contributed by atoms with van der Waals surface area (Å²) in [6.07, 6.45) is 0.610. The lowest BCUT2D eigenvalue weighted by Crippen LogP contribution is -2.12. The molecule has 0 spiro atoms. The Balaban J connectivity index is 2.44. The molecule has 2 aromatic rings. The molecule has 2 rings (SSSR count). The number of nitro benzene ring substituents is 1. The fraction of sp³-hybridized carbons (Fsp3) is 0.133. The third kappa shape index (κ3) is 3.00. The molecule has 108 valence electrons. The highest BCUT2D eigenvalue weighted by Crippen LogP contribution is 2.30. The van der Waals surface area contributed by atoms with Gasteiger partial charge in [-0.05, 0) is 18.2 Å². The second kappa shape index (κ2) is 6.04. The maximum Gasteiger partial charge on any atom is 0.270 e. The van der Waals surface area contributed by atoms with E-state index < -0.39 is 4.92 Å². The second-order valence-electron chi connectivity index (χ2n) is 4.38. The molecule has 21 heavy (non-hydrogen) atoms. The summed E-state index contributed by atoms with van der Waals surface area (Å²) in [7, 11) is 3.35. The van der Waals surface area contributed by atoms with Crippen molar-refractivity contribution < 1.29 is 14.5 Å². The summed E-state index contributed by atoms with van der Waals surface area (Å²) in [6, 6.07) is 11.5. The number of hydrogen-bond acceptors (Lipinski definition) is 5. The average Bonchev–Trinajstić information content (AvgIpc) is 2.53. The quantitative estimate of drug-likeness (QED) is 0.479. The van der Waals surface area contributed by atoms with Gasteiger partial charge in [-0.2, -0.15) is 0 Å². The fourth-order valence-electron chi connectivity index (χ4n) is 2.01. The Morgan fingerprint density at radius 2 is 2.00 bits per heavy atom. The predicted octanol–water partition coefficient (Wildman–Crippen LogP) is 3.18. The zero-order chi connectivity index (χ0) is 15.4. The number of nitro groups is 1. The van der Waals surface area contributed by atoms with Gasteiger partial charge in [0.05, 0.1) is 17.7 Å². The van der Waals surface area contributed by atoms with E-state index in [1.807, 2.05) is 24.3 Å². The average molecular weight is 286 g/mol. The molecule has 0 radical (unpaired) electrons. The van der Waals surface area contributed by atoms with Crippen LogP contribution in [0.1, 0.15) is 10.4 Å². The normalized spacial score (nSPS) is 10.0. The zero-order valence-electron chi connectivity index (χ0n) is 11.6. The molecule has 0 unspecified atom stereocenters. The van der Waals surface area contributed by atoms with Crippen molar-refractivity contribution in [1.82, 2.24) is 0 Å². The van der Waals surface area contributed by atoms with Crippen LogP contribution in [0.4, 0.5) is 17.1 Å². The summed E-state index contributed by atoms with van der Waals surface area (Å²) in [5.74, 6) is 0.689. The molecule has 0 saturated carbocycles. The summed E-state index contributed by atoms with van der Waals surface area (Å²) in [5, 5.41) is 10.8. The van der Waals surface area contributed by atoms with E-state index in [2.05, 4.69) is 0 Å². The molecule has 0 atom stereocenters. The molecule has 0 aliphatic rings. The lowest BCUT2D eigenvalue weighted by atomic mass is 10.1. The topological polar surface area (TPSA) is 72.7 Å². The van der Waals surface area contributed by atoms with Gasteiger partial charge in [-0.15, -0.1) is 0 Å². The van der Waals surface area contributed by atoms with Crippen molar-refractivity contribution in [3.8, 4) is 5.75 Å². The van der Waals surface area contributed by atoms with Crippen LogP contribution in [0.3, 0.4) is 0 Å². The highest BCUT2D eigenvalue weighted by Gasteiger charge is 2.14. The molecule has 2 aromatic carbocycles. The fourth-order valence-corrected chi connectivity index (χ4v) is 2.01. The van der Waals surface area contributed by atoms with E-state index in [0.29, 0.717) is 17.7 Å². The Bertz CT molecular complexity index is 685. The number of carbonyl (C=O) groups excluding carboxylic acids is 1. The Morgan fingerprint density at radius 1 is 1.24 bits per heavy atom. The molecule has 0 aromatic heterocycles.